The van der Waals surface area contributed by atoms with Gasteiger partial charge in [-0.15, -0.1) is 0 Å². The van der Waals surface area contributed by atoms with Gasteiger partial charge in [-0.2, -0.15) is 0 Å². The standard InChI is InChI=1S/C11H13FO/c1-7-9(3-2-4-10(7)12)11(13)8-5-6-8/h2-4,8,11,13H,5-6H2,1H3. The Morgan fingerprint density at radius 2 is 2.15 bits per heavy atom. The maximum absolute atomic E-state index is 13.1. The first-order chi connectivity index (χ1) is 6.20. The summed E-state index contributed by atoms with van der Waals surface area (Å²) >= 11 is 0. The summed E-state index contributed by atoms with van der Waals surface area (Å²) in [7, 11) is 0. The third kappa shape index (κ3) is 1.59. The van der Waals surface area contributed by atoms with Crippen LogP contribution in [-0.2, 0) is 0 Å². The van der Waals surface area contributed by atoms with Gasteiger partial charge in [-0.05, 0) is 42.9 Å². The van der Waals surface area contributed by atoms with E-state index in [1.807, 2.05) is 0 Å². The molecule has 70 valence electrons. The monoisotopic (exact) mass is 180 g/mol. The van der Waals surface area contributed by atoms with Crippen molar-refractivity contribution in [2.24, 2.45) is 5.92 Å². The molecule has 1 atom stereocenters. The summed E-state index contributed by atoms with van der Waals surface area (Å²) in [6.07, 6.45) is 1.67. The van der Waals surface area contributed by atoms with E-state index in [1.54, 1.807) is 19.1 Å². The SMILES string of the molecule is Cc1c(F)cccc1C(O)C1CC1. The van der Waals surface area contributed by atoms with E-state index >= 15 is 0 Å². The van der Waals surface area contributed by atoms with Crippen molar-refractivity contribution in [2.45, 2.75) is 25.9 Å². The Kier molecular flexibility index (Phi) is 2.08. The van der Waals surface area contributed by atoms with Crippen molar-refractivity contribution in [1.82, 2.24) is 0 Å². The summed E-state index contributed by atoms with van der Waals surface area (Å²) in [5, 5.41) is 9.80. The van der Waals surface area contributed by atoms with E-state index in [4.69, 9.17) is 0 Å². The molecule has 0 saturated heterocycles. The van der Waals surface area contributed by atoms with Crippen molar-refractivity contribution >= 4 is 0 Å². The first-order valence-electron chi connectivity index (χ1n) is 4.63. The molecule has 0 heterocycles. The van der Waals surface area contributed by atoms with E-state index in [0.29, 0.717) is 11.5 Å². The molecule has 1 N–H and O–H groups in total. The van der Waals surface area contributed by atoms with Gasteiger partial charge in [0.05, 0.1) is 6.10 Å². The van der Waals surface area contributed by atoms with Crippen LogP contribution in [0.25, 0.3) is 0 Å². The largest absolute Gasteiger partial charge is 0.388 e. The van der Waals surface area contributed by atoms with E-state index in [0.717, 1.165) is 18.4 Å². The molecule has 1 aliphatic rings. The zero-order valence-electron chi connectivity index (χ0n) is 7.63. The van der Waals surface area contributed by atoms with Gasteiger partial charge in [0.1, 0.15) is 5.82 Å². The summed E-state index contributed by atoms with van der Waals surface area (Å²) in [6, 6.07) is 4.89. The average molecular weight is 180 g/mol. The number of halogens is 1. The number of benzene rings is 1. The molecule has 13 heavy (non-hydrogen) atoms. The Balaban J connectivity index is 2.32. The molecule has 1 fully saturated rings. The second kappa shape index (κ2) is 3.11. The van der Waals surface area contributed by atoms with Crippen LogP contribution in [0.1, 0.15) is 30.1 Å². The Labute approximate surface area is 77.2 Å². The quantitative estimate of drug-likeness (QED) is 0.741. The van der Waals surface area contributed by atoms with Crippen LogP contribution < -0.4 is 0 Å². The summed E-state index contributed by atoms with van der Waals surface area (Å²) in [6.45, 7) is 1.72. The molecular weight excluding hydrogens is 167 g/mol. The molecule has 0 aromatic heterocycles. The van der Waals surface area contributed by atoms with Crippen molar-refractivity contribution < 1.29 is 9.50 Å². The molecule has 2 rings (SSSR count). The van der Waals surface area contributed by atoms with Gasteiger partial charge >= 0.3 is 0 Å². The predicted octanol–water partition coefficient (Wildman–Crippen LogP) is 2.58. The number of rotatable bonds is 2. The number of hydrogen-bond acceptors (Lipinski definition) is 1. The minimum atomic E-state index is -0.462. The van der Waals surface area contributed by atoms with Crippen molar-refractivity contribution in [3.05, 3.63) is 35.1 Å². The van der Waals surface area contributed by atoms with Crippen LogP contribution in [0.15, 0.2) is 18.2 Å². The second-order valence-corrected chi connectivity index (χ2v) is 3.74. The lowest BCUT2D eigenvalue weighted by Gasteiger charge is -2.12. The summed E-state index contributed by atoms with van der Waals surface area (Å²) < 4.78 is 13.1. The third-order valence-electron chi connectivity index (χ3n) is 2.70. The smallest absolute Gasteiger partial charge is 0.126 e. The van der Waals surface area contributed by atoms with Gasteiger partial charge in [-0.25, -0.2) is 4.39 Å². The Morgan fingerprint density at radius 3 is 2.77 bits per heavy atom. The van der Waals surface area contributed by atoms with Crippen molar-refractivity contribution in [3.8, 4) is 0 Å². The lowest BCUT2D eigenvalue weighted by molar-refractivity contribution is 0.152. The maximum atomic E-state index is 13.1. The Bertz CT molecular complexity index is 318. The Hall–Kier alpha value is -0.890. The van der Waals surface area contributed by atoms with Gasteiger partial charge in [0.15, 0.2) is 0 Å². The van der Waals surface area contributed by atoms with Crippen LogP contribution in [0, 0.1) is 18.7 Å². The zero-order chi connectivity index (χ0) is 9.42. The van der Waals surface area contributed by atoms with E-state index in [2.05, 4.69) is 0 Å². The molecule has 0 bridgehead atoms. The normalized spacial score (nSPS) is 18.7. The van der Waals surface area contributed by atoms with Crippen LogP contribution in [0.3, 0.4) is 0 Å². The molecular formula is C11H13FO. The van der Waals surface area contributed by atoms with Crippen molar-refractivity contribution in [1.29, 1.82) is 0 Å². The highest BCUT2D eigenvalue weighted by Gasteiger charge is 2.31. The molecule has 0 spiro atoms. The van der Waals surface area contributed by atoms with Crippen molar-refractivity contribution in [3.63, 3.8) is 0 Å². The number of aliphatic hydroxyl groups excluding tert-OH is 1. The molecule has 1 aromatic rings. The van der Waals surface area contributed by atoms with Crippen LogP contribution in [0.4, 0.5) is 4.39 Å². The molecule has 0 amide bonds. The van der Waals surface area contributed by atoms with Gasteiger partial charge in [0, 0.05) is 0 Å². The molecule has 0 aliphatic heterocycles. The lowest BCUT2D eigenvalue weighted by Crippen LogP contribution is -2.03. The third-order valence-corrected chi connectivity index (χ3v) is 2.70. The van der Waals surface area contributed by atoms with E-state index in [-0.39, 0.29) is 5.82 Å². The fraction of sp³-hybridized carbons (Fsp3) is 0.455. The lowest BCUT2D eigenvalue weighted by atomic mass is 10.00. The summed E-state index contributed by atoms with van der Waals surface area (Å²) in [5.74, 6) is 0.137. The number of aliphatic hydroxyl groups is 1. The molecule has 1 unspecified atom stereocenters. The highest BCUT2D eigenvalue weighted by molar-refractivity contribution is 5.30. The molecule has 1 nitrogen and oxygen atoms in total. The highest BCUT2D eigenvalue weighted by atomic mass is 19.1. The Morgan fingerprint density at radius 1 is 1.46 bits per heavy atom. The predicted molar refractivity (Wildman–Crippen MR) is 48.8 cm³/mol. The molecule has 1 aromatic carbocycles. The zero-order valence-corrected chi connectivity index (χ0v) is 7.63. The van der Waals surface area contributed by atoms with Gasteiger partial charge in [-0.3, -0.25) is 0 Å². The second-order valence-electron chi connectivity index (χ2n) is 3.74. The van der Waals surface area contributed by atoms with Crippen molar-refractivity contribution in [2.75, 3.05) is 0 Å². The average Bonchev–Trinajstić information content (AvgIpc) is 2.91. The van der Waals surface area contributed by atoms with Crippen LogP contribution in [0.5, 0.6) is 0 Å². The molecule has 2 heteroatoms. The van der Waals surface area contributed by atoms with Gasteiger partial charge in [-0.1, -0.05) is 12.1 Å². The minimum Gasteiger partial charge on any atom is -0.388 e. The maximum Gasteiger partial charge on any atom is 0.126 e. The van der Waals surface area contributed by atoms with Crippen LogP contribution in [-0.4, -0.2) is 5.11 Å². The minimum absolute atomic E-state index is 0.225. The molecule has 0 radical (unpaired) electrons. The molecule has 1 saturated carbocycles. The summed E-state index contributed by atoms with van der Waals surface area (Å²) in [4.78, 5) is 0. The van der Waals surface area contributed by atoms with E-state index in [9.17, 15) is 9.50 Å². The topological polar surface area (TPSA) is 20.2 Å². The summed E-state index contributed by atoms with van der Waals surface area (Å²) in [5.41, 5.74) is 1.34. The fourth-order valence-corrected chi connectivity index (χ4v) is 1.61. The van der Waals surface area contributed by atoms with Gasteiger partial charge < -0.3 is 5.11 Å². The first kappa shape index (κ1) is 8.70. The van der Waals surface area contributed by atoms with E-state index < -0.39 is 6.10 Å². The van der Waals surface area contributed by atoms with Crippen LogP contribution in [0.2, 0.25) is 0 Å². The number of hydrogen-bond donors (Lipinski definition) is 1. The fourth-order valence-electron chi connectivity index (χ4n) is 1.61. The van der Waals surface area contributed by atoms with Gasteiger partial charge in [0.25, 0.3) is 0 Å². The highest BCUT2D eigenvalue weighted by Crippen LogP contribution is 2.41. The van der Waals surface area contributed by atoms with Crippen LogP contribution >= 0.6 is 0 Å². The molecule has 1 aliphatic carbocycles. The van der Waals surface area contributed by atoms with Gasteiger partial charge in [0.2, 0.25) is 0 Å². The first-order valence-corrected chi connectivity index (χ1v) is 4.63. The van der Waals surface area contributed by atoms with E-state index in [1.165, 1.54) is 6.07 Å².